The molecule has 0 saturated carbocycles. The highest BCUT2D eigenvalue weighted by atomic mass is 16.5. The highest BCUT2D eigenvalue weighted by Gasteiger charge is 2.35. The van der Waals surface area contributed by atoms with Gasteiger partial charge in [0.25, 0.3) is 0 Å². The first-order chi connectivity index (χ1) is 8.20. The maximum absolute atomic E-state index is 11.0. The van der Waals surface area contributed by atoms with Crippen LogP contribution in [-0.2, 0) is 4.74 Å². The van der Waals surface area contributed by atoms with Crippen molar-refractivity contribution in [2.45, 2.75) is 31.7 Å². The molecule has 2 atom stereocenters. The zero-order valence-corrected chi connectivity index (χ0v) is 10.0. The SMILES string of the molecule is O=C(O)N1CC(CC2CCOCC2)C[C@H]1CO. The van der Waals surface area contributed by atoms with Gasteiger partial charge in [0.2, 0.25) is 0 Å². The van der Waals surface area contributed by atoms with Gasteiger partial charge in [-0.3, -0.25) is 0 Å². The Morgan fingerprint density at radius 1 is 1.29 bits per heavy atom. The van der Waals surface area contributed by atoms with Gasteiger partial charge in [0.05, 0.1) is 12.6 Å². The molecule has 0 aromatic rings. The van der Waals surface area contributed by atoms with Crippen molar-refractivity contribution in [1.82, 2.24) is 4.90 Å². The van der Waals surface area contributed by atoms with E-state index in [9.17, 15) is 9.90 Å². The van der Waals surface area contributed by atoms with Gasteiger partial charge in [-0.05, 0) is 37.5 Å². The third-order valence-corrected chi connectivity index (χ3v) is 3.97. The van der Waals surface area contributed by atoms with Crippen LogP contribution in [0.15, 0.2) is 0 Å². The van der Waals surface area contributed by atoms with Crippen LogP contribution >= 0.6 is 0 Å². The first-order valence-corrected chi connectivity index (χ1v) is 6.39. The molecule has 0 aliphatic carbocycles. The van der Waals surface area contributed by atoms with Crippen LogP contribution < -0.4 is 0 Å². The van der Waals surface area contributed by atoms with Crippen molar-refractivity contribution in [3.8, 4) is 0 Å². The number of aliphatic hydroxyl groups is 1. The summed E-state index contributed by atoms with van der Waals surface area (Å²) in [5, 5.41) is 18.2. The first kappa shape index (κ1) is 12.6. The van der Waals surface area contributed by atoms with E-state index in [0.29, 0.717) is 18.4 Å². The molecule has 2 heterocycles. The third kappa shape index (κ3) is 3.10. The summed E-state index contributed by atoms with van der Waals surface area (Å²) in [6.45, 7) is 2.20. The van der Waals surface area contributed by atoms with E-state index >= 15 is 0 Å². The van der Waals surface area contributed by atoms with E-state index in [1.54, 1.807) is 0 Å². The van der Waals surface area contributed by atoms with Crippen LogP contribution in [0, 0.1) is 11.8 Å². The molecule has 0 spiro atoms. The summed E-state index contributed by atoms with van der Waals surface area (Å²) in [6.07, 6.45) is 3.16. The minimum atomic E-state index is -0.904. The summed E-state index contributed by atoms with van der Waals surface area (Å²) in [4.78, 5) is 12.4. The average molecular weight is 243 g/mol. The summed E-state index contributed by atoms with van der Waals surface area (Å²) in [5.41, 5.74) is 0. The molecule has 2 fully saturated rings. The normalized spacial score (nSPS) is 30.8. The van der Waals surface area contributed by atoms with Crippen LogP contribution in [-0.4, -0.2) is 53.6 Å². The Kier molecular flexibility index (Phi) is 4.23. The molecule has 98 valence electrons. The third-order valence-electron chi connectivity index (χ3n) is 3.97. The lowest BCUT2D eigenvalue weighted by atomic mass is 9.88. The highest BCUT2D eigenvalue weighted by Crippen LogP contribution is 2.31. The second-order valence-electron chi connectivity index (χ2n) is 5.16. The number of amides is 1. The molecular weight excluding hydrogens is 222 g/mol. The lowest BCUT2D eigenvalue weighted by Crippen LogP contribution is -2.36. The number of carbonyl (C=O) groups is 1. The Hall–Kier alpha value is -0.810. The van der Waals surface area contributed by atoms with E-state index in [1.807, 2.05) is 0 Å². The molecule has 0 radical (unpaired) electrons. The molecule has 0 bridgehead atoms. The van der Waals surface area contributed by atoms with Crippen molar-refractivity contribution >= 4 is 6.09 Å². The van der Waals surface area contributed by atoms with Crippen molar-refractivity contribution in [3.05, 3.63) is 0 Å². The minimum Gasteiger partial charge on any atom is -0.465 e. The van der Waals surface area contributed by atoms with Gasteiger partial charge in [-0.2, -0.15) is 0 Å². The van der Waals surface area contributed by atoms with Crippen molar-refractivity contribution in [2.75, 3.05) is 26.4 Å². The maximum atomic E-state index is 11.0. The minimum absolute atomic E-state index is 0.0590. The molecule has 2 N–H and O–H groups in total. The van der Waals surface area contributed by atoms with Crippen LogP contribution in [0.25, 0.3) is 0 Å². The molecule has 5 heteroatoms. The smallest absolute Gasteiger partial charge is 0.407 e. The zero-order chi connectivity index (χ0) is 12.3. The van der Waals surface area contributed by atoms with Crippen LogP contribution in [0.2, 0.25) is 0 Å². The van der Waals surface area contributed by atoms with E-state index in [4.69, 9.17) is 9.84 Å². The van der Waals surface area contributed by atoms with E-state index in [-0.39, 0.29) is 12.6 Å². The molecule has 17 heavy (non-hydrogen) atoms. The van der Waals surface area contributed by atoms with E-state index < -0.39 is 6.09 Å². The molecule has 1 unspecified atom stereocenters. The summed E-state index contributed by atoms with van der Waals surface area (Å²) in [6, 6.07) is -0.197. The highest BCUT2D eigenvalue weighted by molar-refractivity contribution is 5.65. The number of nitrogens with zero attached hydrogens (tertiary/aromatic N) is 1. The van der Waals surface area contributed by atoms with Gasteiger partial charge in [-0.1, -0.05) is 0 Å². The lowest BCUT2D eigenvalue weighted by Gasteiger charge is -2.24. The summed E-state index contributed by atoms with van der Waals surface area (Å²) < 4.78 is 5.32. The number of ether oxygens (including phenoxy) is 1. The van der Waals surface area contributed by atoms with Crippen LogP contribution in [0.3, 0.4) is 0 Å². The Morgan fingerprint density at radius 3 is 2.53 bits per heavy atom. The molecule has 2 aliphatic rings. The Morgan fingerprint density at radius 2 is 2.00 bits per heavy atom. The molecule has 0 aromatic heterocycles. The predicted molar refractivity (Wildman–Crippen MR) is 61.9 cm³/mol. The monoisotopic (exact) mass is 243 g/mol. The van der Waals surface area contributed by atoms with Crippen LogP contribution in [0.4, 0.5) is 4.79 Å². The van der Waals surface area contributed by atoms with Crippen molar-refractivity contribution in [2.24, 2.45) is 11.8 Å². The molecule has 5 nitrogen and oxygen atoms in total. The maximum Gasteiger partial charge on any atom is 0.407 e. The van der Waals surface area contributed by atoms with Crippen molar-refractivity contribution in [3.63, 3.8) is 0 Å². The molecule has 2 rings (SSSR count). The number of aliphatic hydroxyl groups excluding tert-OH is 1. The number of carboxylic acid groups (broad SMARTS) is 1. The molecule has 1 amide bonds. The number of hydrogen-bond acceptors (Lipinski definition) is 3. The second-order valence-corrected chi connectivity index (χ2v) is 5.16. The molecule has 2 saturated heterocycles. The zero-order valence-electron chi connectivity index (χ0n) is 10.0. The largest absolute Gasteiger partial charge is 0.465 e. The standard InChI is InChI=1S/C12H21NO4/c14-8-11-6-10(7-13(11)12(15)16)5-9-1-3-17-4-2-9/h9-11,14H,1-8H2,(H,15,16)/t10?,11-/m0/s1. The Bertz CT molecular complexity index is 265. The first-order valence-electron chi connectivity index (χ1n) is 6.39. The lowest BCUT2D eigenvalue weighted by molar-refractivity contribution is 0.0588. The quantitative estimate of drug-likeness (QED) is 0.780. The topological polar surface area (TPSA) is 70.0 Å². The fraction of sp³-hybridized carbons (Fsp3) is 0.917. The van der Waals surface area contributed by atoms with Crippen LogP contribution in [0.5, 0.6) is 0 Å². The fourth-order valence-corrected chi connectivity index (χ4v) is 3.05. The second kappa shape index (κ2) is 5.69. The van der Waals surface area contributed by atoms with Gasteiger partial charge < -0.3 is 19.8 Å². The van der Waals surface area contributed by atoms with Gasteiger partial charge in [0.15, 0.2) is 0 Å². The Balaban J connectivity index is 1.84. The van der Waals surface area contributed by atoms with E-state index in [1.165, 1.54) is 4.90 Å². The van der Waals surface area contributed by atoms with Gasteiger partial charge in [0, 0.05) is 19.8 Å². The van der Waals surface area contributed by atoms with Gasteiger partial charge >= 0.3 is 6.09 Å². The molecule has 2 aliphatic heterocycles. The summed E-state index contributed by atoms with van der Waals surface area (Å²) in [5.74, 6) is 1.08. The predicted octanol–water partition coefficient (Wildman–Crippen LogP) is 1.16. The van der Waals surface area contributed by atoms with Gasteiger partial charge in [0.1, 0.15) is 0 Å². The van der Waals surface area contributed by atoms with Crippen LogP contribution in [0.1, 0.15) is 25.7 Å². The molecule has 0 aromatic carbocycles. The average Bonchev–Trinajstić information content (AvgIpc) is 2.73. The van der Waals surface area contributed by atoms with E-state index in [0.717, 1.165) is 38.9 Å². The van der Waals surface area contributed by atoms with Gasteiger partial charge in [-0.15, -0.1) is 0 Å². The Labute approximate surface area is 101 Å². The fourth-order valence-electron chi connectivity index (χ4n) is 3.05. The summed E-state index contributed by atoms with van der Waals surface area (Å²) >= 11 is 0. The van der Waals surface area contributed by atoms with Crippen molar-refractivity contribution < 1.29 is 19.7 Å². The summed E-state index contributed by atoms with van der Waals surface area (Å²) in [7, 11) is 0. The number of likely N-dealkylation sites (tertiary alicyclic amines) is 1. The van der Waals surface area contributed by atoms with Gasteiger partial charge in [-0.25, -0.2) is 4.79 Å². The number of hydrogen-bond donors (Lipinski definition) is 2. The molecular formula is C12H21NO4. The number of rotatable bonds is 3. The van der Waals surface area contributed by atoms with Crippen molar-refractivity contribution in [1.29, 1.82) is 0 Å². The van der Waals surface area contributed by atoms with E-state index in [2.05, 4.69) is 0 Å².